The van der Waals surface area contributed by atoms with Crippen molar-refractivity contribution in [2.24, 2.45) is 11.8 Å². The Morgan fingerprint density at radius 1 is 1.17 bits per heavy atom. The van der Waals surface area contributed by atoms with E-state index < -0.39 is 0 Å². The Kier molecular flexibility index (Phi) is 6.27. The number of ether oxygens (including phenoxy) is 2. The van der Waals surface area contributed by atoms with Crippen LogP contribution in [0.5, 0.6) is 11.6 Å². The number of piperazine rings is 1. The molecule has 3 aromatic rings. The van der Waals surface area contributed by atoms with E-state index in [0.717, 1.165) is 80.8 Å². The first-order valence-corrected chi connectivity index (χ1v) is 13.1. The highest BCUT2D eigenvalue weighted by Gasteiger charge is 2.44. The van der Waals surface area contributed by atoms with E-state index in [9.17, 15) is 4.79 Å². The lowest BCUT2D eigenvalue weighted by atomic mass is 10.1. The van der Waals surface area contributed by atoms with Gasteiger partial charge in [0.1, 0.15) is 17.2 Å². The molecule has 190 valence electrons. The monoisotopic (exact) mass is 490 g/mol. The molecule has 1 amide bonds. The number of pyridine rings is 2. The second kappa shape index (κ2) is 9.71. The van der Waals surface area contributed by atoms with Crippen LogP contribution in [0.2, 0.25) is 0 Å². The molecule has 36 heavy (non-hydrogen) atoms. The number of fused-ring (bicyclic) bond motifs is 1. The van der Waals surface area contributed by atoms with Gasteiger partial charge in [0.25, 0.3) is 0 Å². The quantitative estimate of drug-likeness (QED) is 0.475. The number of amides is 1. The summed E-state index contributed by atoms with van der Waals surface area (Å²) < 4.78 is 11.7. The van der Waals surface area contributed by atoms with Gasteiger partial charge in [-0.25, -0.2) is 9.97 Å². The number of carbonyl (C=O) groups excluding carboxylic acids is 1. The first-order chi connectivity index (χ1) is 17.6. The molecule has 0 radical (unpaired) electrons. The van der Waals surface area contributed by atoms with E-state index in [2.05, 4.69) is 37.0 Å². The number of rotatable bonds is 9. The maximum absolute atomic E-state index is 12.9. The van der Waals surface area contributed by atoms with Crippen LogP contribution in [0.1, 0.15) is 26.2 Å². The van der Waals surface area contributed by atoms with Crippen LogP contribution in [-0.4, -0.2) is 83.1 Å². The van der Waals surface area contributed by atoms with E-state index >= 15 is 0 Å². The minimum atomic E-state index is 0.0693. The number of carbonyl (C=O) groups is 1. The van der Waals surface area contributed by atoms with Crippen LogP contribution < -0.4 is 14.8 Å². The van der Waals surface area contributed by atoms with Crippen LogP contribution in [0.15, 0.2) is 30.6 Å². The molecule has 9 nitrogen and oxygen atoms in total. The summed E-state index contributed by atoms with van der Waals surface area (Å²) in [6, 6.07) is 5.73. The summed E-state index contributed by atoms with van der Waals surface area (Å²) >= 11 is 0. The Morgan fingerprint density at radius 2 is 1.97 bits per heavy atom. The molecule has 2 N–H and O–H groups in total. The lowest BCUT2D eigenvalue weighted by Gasteiger charge is -2.34. The third-order valence-electron chi connectivity index (χ3n) is 7.61. The van der Waals surface area contributed by atoms with E-state index in [-0.39, 0.29) is 17.9 Å². The maximum Gasteiger partial charge on any atom is 0.228 e. The van der Waals surface area contributed by atoms with Crippen molar-refractivity contribution in [3.8, 4) is 22.8 Å². The lowest BCUT2D eigenvalue weighted by molar-refractivity contribution is -0.117. The SMILES string of the molecule is CCN1CCN(C[C@@H]2C[C@H]2C(=O)Nc2ccc3c(-c4c(OC5CC5)ccnc4OC)c[nH]c3n2)CC1. The van der Waals surface area contributed by atoms with Gasteiger partial charge in [-0.1, -0.05) is 6.92 Å². The van der Waals surface area contributed by atoms with E-state index in [1.165, 1.54) is 0 Å². The number of hydrogen-bond donors (Lipinski definition) is 2. The van der Waals surface area contributed by atoms with Crippen molar-refractivity contribution >= 4 is 22.8 Å². The Balaban J connectivity index is 1.13. The van der Waals surface area contributed by atoms with Crippen LogP contribution in [0, 0.1) is 11.8 Å². The molecule has 1 aliphatic heterocycles. The topological polar surface area (TPSA) is 95.6 Å². The molecule has 6 rings (SSSR count). The van der Waals surface area contributed by atoms with Crippen LogP contribution >= 0.6 is 0 Å². The molecule has 3 aromatic heterocycles. The minimum Gasteiger partial charge on any atom is -0.490 e. The molecule has 0 bridgehead atoms. The van der Waals surface area contributed by atoms with Crippen molar-refractivity contribution in [1.29, 1.82) is 0 Å². The third kappa shape index (κ3) is 4.77. The Bertz CT molecular complexity index is 1250. The van der Waals surface area contributed by atoms with Crippen LogP contribution in [0.3, 0.4) is 0 Å². The van der Waals surface area contributed by atoms with Gasteiger partial charge in [0.2, 0.25) is 11.8 Å². The molecular weight excluding hydrogens is 456 g/mol. The number of methoxy groups -OCH3 is 1. The maximum atomic E-state index is 12.9. The molecule has 2 saturated carbocycles. The normalized spacial score (nSPS) is 22.5. The number of H-pyrrole nitrogens is 1. The van der Waals surface area contributed by atoms with Gasteiger partial charge in [-0.2, -0.15) is 0 Å². The summed E-state index contributed by atoms with van der Waals surface area (Å²) in [6.45, 7) is 8.80. The average molecular weight is 491 g/mol. The fourth-order valence-electron chi connectivity index (χ4n) is 5.18. The van der Waals surface area contributed by atoms with Crippen molar-refractivity contribution < 1.29 is 14.3 Å². The van der Waals surface area contributed by atoms with E-state index in [0.29, 0.717) is 23.3 Å². The van der Waals surface area contributed by atoms with Gasteiger partial charge in [0.05, 0.1) is 18.8 Å². The molecule has 4 heterocycles. The fraction of sp³-hybridized carbons (Fsp3) is 0.519. The summed E-state index contributed by atoms with van der Waals surface area (Å²) in [5.41, 5.74) is 2.44. The fourth-order valence-corrected chi connectivity index (χ4v) is 5.18. The van der Waals surface area contributed by atoms with Crippen molar-refractivity contribution in [2.75, 3.05) is 51.7 Å². The smallest absolute Gasteiger partial charge is 0.228 e. The molecule has 3 fully saturated rings. The van der Waals surface area contributed by atoms with Crippen molar-refractivity contribution in [1.82, 2.24) is 24.8 Å². The summed E-state index contributed by atoms with van der Waals surface area (Å²) in [5, 5.41) is 3.96. The number of nitrogens with zero attached hydrogens (tertiary/aromatic N) is 4. The van der Waals surface area contributed by atoms with Gasteiger partial charge >= 0.3 is 0 Å². The molecule has 0 spiro atoms. The Morgan fingerprint density at radius 3 is 2.72 bits per heavy atom. The molecule has 1 saturated heterocycles. The van der Waals surface area contributed by atoms with E-state index in [1.807, 2.05) is 24.4 Å². The van der Waals surface area contributed by atoms with Gasteiger partial charge in [-0.3, -0.25) is 4.79 Å². The molecule has 0 aromatic carbocycles. The number of hydrogen-bond acceptors (Lipinski definition) is 7. The first-order valence-electron chi connectivity index (χ1n) is 13.1. The highest BCUT2D eigenvalue weighted by Crippen LogP contribution is 2.43. The number of nitrogens with one attached hydrogen (secondary N) is 2. The van der Waals surface area contributed by atoms with Crippen molar-refractivity contribution in [3.63, 3.8) is 0 Å². The number of likely N-dealkylation sites (N-methyl/N-ethyl adjacent to an activating group) is 1. The predicted molar refractivity (Wildman–Crippen MR) is 138 cm³/mol. The zero-order valence-electron chi connectivity index (χ0n) is 21.0. The molecular formula is C27H34N6O3. The Hall–Kier alpha value is -3.17. The zero-order valence-corrected chi connectivity index (χ0v) is 21.0. The highest BCUT2D eigenvalue weighted by atomic mass is 16.5. The highest BCUT2D eigenvalue weighted by molar-refractivity contribution is 5.99. The Labute approximate surface area is 211 Å². The third-order valence-corrected chi connectivity index (χ3v) is 7.61. The van der Waals surface area contributed by atoms with Crippen molar-refractivity contribution in [2.45, 2.75) is 32.3 Å². The summed E-state index contributed by atoms with van der Waals surface area (Å²) in [5.74, 6) is 2.44. The zero-order chi connectivity index (χ0) is 24.6. The van der Waals surface area contributed by atoms with Gasteiger partial charge in [-0.05, 0) is 49.9 Å². The summed E-state index contributed by atoms with van der Waals surface area (Å²) in [6.07, 6.45) is 6.96. The lowest BCUT2D eigenvalue weighted by Crippen LogP contribution is -2.46. The number of anilines is 1. The van der Waals surface area contributed by atoms with Gasteiger partial charge in [0.15, 0.2) is 0 Å². The largest absolute Gasteiger partial charge is 0.490 e. The molecule has 0 unspecified atom stereocenters. The van der Waals surface area contributed by atoms with Crippen LogP contribution in [0.4, 0.5) is 5.82 Å². The van der Waals surface area contributed by atoms with Gasteiger partial charge in [-0.15, -0.1) is 0 Å². The van der Waals surface area contributed by atoms with Crippen LogP contribution in [0.25, 0.3) is 22.2 Å². The molecule has 2 atom stereocenters. The van der Waals surface area contributed by atoms with Gasteiger partial charge < -0.3 is 29.6 Å². The van der Waals surface area contributed by atoms with E-state index in [1.54, 1.807) is 13.3 Å². The predicted octanol–water partition coefficient (Wildman–Crippen LogP) is 3.39. The number of aromatic nitrogens is 3. The molecule has 3 aliphatic rings. The van der Waals surface area contributed by atoms with Gasteiger partial charge in [0, 0.05) is 62.0 Å². The first kappa shape index (κ1) is 23.2. The van der Waals surface area contributed by atoms with Crippen LogP contribution in [-0.2, 0) is 4.79 Å². The second-order valence-corrected chi connectivity index (χ2v) is 10.1. The molecule has 2 aliphatic carbocycles. The minimum absolute atomic E-state index is 0.0693. The standard InChI is InChI=1S/C27H34N6O3/c1-3-32-10-12-33(13-11-32)16-17-14-20(17)26(34)31-23-7-6-19-21(15-29-25(19)30-23)24-22(36-18-4-5-18)8-9-28-27(24)35-2/h6-9,15,17-18,20H,3-5,10-14,16H2,1-2H3,(H2,29,30,31,34)/t17-,20+/m0/s1. The summed E-state index contributed by atoms with van der Waals surface area (Å²) in [4.78, 5) is 30.2. The summed E-state index contributed by atoms with van der Waals surface area (Å²) in [7, 11) is 1.61. The van der Waals surface area contributed by atoms with Crippen molar-refractivity contribution in [3.05, 3.63) is 30.6 Å². The molecule has 9 heteroatoms. The second-order valence-electron chi connectivity index (χ2n) is 10.1. The number of aromatic amines is 1. The average Bonchev–Trinajstić information content (AvgIpc) is 3.83. The van der Waals surface area contributed by atoms with E-state index in [4.69, 9.17) is 9.47 Å².